The first-order chi connectivity index (χ1) is 8.83. The first-order valence-electron chi connectivity index (χ1n) is 7.13. The molecule has 3 rings (SSSR count). The van der Waals surface area contributed by atoms with E-state index in [2.05, 4.69) is 15.1 Å². The summed E-state index contributed by atoms with van der Waals surface area (Å²) >= 11 is 0. The van der Waals surface area contributed by atoms with Gasteiger partial charge in [-0.2, -0.15) is 5.10 Å². The number of Topliss-reactive ketones (excluding diaryl/α,β-unsaturated/α-hetero) is 1. The van der Waals surface area contributed by atoms with Crippen LogP contribution >= 0.6 is 0 Å². The van der Waals surface area contributed by atoms with Crippen LogP contribution in [0.3, 0.4) is 0 Å². The van der Waals surface area contributed by atoms with Crippen LogP contribution < -0.4 is 5.32 Å². The fourth-order valence-corrected chi connectivity index (χ4v) is 3.10. The highest BCUT2D eigenvalue weighted by molar-refractivity contribution is 5.85. The topological polar surface area (TPSA) is 46.9 Å². The summed E-state index contributed by atoms with van der Waals surface area (Å²) < 4.78 is 2.07. The van der Waals surface area contributed by atoms with Crippen LogP contribution in [0.4, 0.5) is 0 Å². The summed E-state index contributed by atoms with van der Waals surface area (Å²) in [7, 11) is 0. The molecule has 0 amide bonds. The van der Waals surface area contributed by atoms with Crippen molar-refractivity contribution < 1.29 is 4.79 Å². The molecule has 1 atom stereocenters. The summed E-state index contributed by atoms with van der Waals surface area (Å²) in [5.41, 5.74) is 0.931. The van der Waals surface area contributed by atoms with E-state index in [0.717, 1.165) is 25.1 Å². The van der Waals surface area contributed by atoms with Crippen molar-refractivity contribution in [2.24, 2.45) is 0 Å². The van der Waals surface area contributed by atoms with E-state index >= 15 is 0 Å². The summed E-state index contributed by atoms with van der Waals surface area (Å²) in [6.45, 7) is 0.979. The molecule has 98 valence electrons. The second-order valence-corrected chi connectivity index (χ2v) is 5.52. The number of carbonyl (C=O) groups excluding carboxylic acids is 1. The van der Waals surface area contributed by atoms with Crippen molar-refractivity contribution in [2.75, 3.05) is 6.54 Å². The number of hydrogen-bond donors (Lipinski definition) is 1. The minimum Gasteiger partial charge on any atom is -0.307 e. The molecule has 1 saturated carbocycles. The molecule has 1 aromatic heterocycles. The lowest BCUT2D eigenvalue weighted by Crippen LogP contribution is -2.32. The van der Waals surface area contributed by atoms with Gasteiger partial charge < -0.3 is 5.32 Å². The van der Waals surface area contributed by atoms with Gasteiger partial charge in [-0.25, -0.2) is 0 Å². The molecule has 0 spiro atoms. The Morgan fingerprint density at radius 2 is 2.17 bits per heavy atom. The molecule has 18 heavy (non-hydrogen) atoms. The highest BCUT2D eigenvalue weighted by atomic mass is 16.1. The van der Waals surface area contributed by atoms with Crippen molar-refractivity contribution in [3.63, 3.8) is 0 Å². The van der Waals surface area contributed by atoms with E-state index in [4.69, 9.17) is 0 Å². The standard InChI is InChI=1S/C14H21N3O/c18-14(13-6-3-8-15-13)10-11-7-9-17(16-11)12-4-1-2-5-12/h7,9,12-13,15H,1-6,8,10H2. The highest BCUT2D eigenvalue weighted by Crippen LogP contribution is 2.28. The highest BCUT2D eigenvalue weighted by Gasteiger charge is 2.23. The number of nitrogens with one attached hydrogen (secondary N) is 1. The summed E-state index contributed by atoms with van der Waals surface area (Å²) in [6.07, 6.45) is 9.72. The van der Waals surface area contributed by atoms with Gasteiger partial charge in [-0.3, -0.25) is 9.48 Å². The van der Waals surface area contributed by atoms with E-state index in [9.17, 15) is 4.79 Å². The van der Waals surface area contributed by atoms with Gasteiger partial charge in [-0.05, 0) is 38.3 Å². The van der Waals surface area contributed by atoms with E-state index < -0.39 is 0 Å². The maximum atomic E-state index is 12.0. The third kappa shape index (κ3) is 2.48. The monoisotopic (exact) mass is 247 g/mol. The molecule has 0 aromatic carbocycles. The quantitative estimate of drug-likeness (QED) is 0.883. The Kier molecular flexibility index (Phi) is 3.46. The number of nitrogens with zero attached hydrogens (tertiary/aromatic N) is 2. The van der Waals surface area contributed by atoms with E-state index in [-0.39, 0.29) is 6.04 Å². The number of hydrogen-bond acceptors (Lipinski definition) is 3. The molecule has 1 saturated heterocycles. The van der Waals surface area contributed by atoms with Crippen LogP contribution in [0.15, 0.2) is 12.3 Å². The van der Waals surface area contributed by atoms with Crippen molar-refractivity contribution in [2.45, 2.75) is 57.0 Å². The van der Waals surface area contributed by atoms with E-state index in [0.29, 0.717) is 18.2 Å². The Morgan fingerprint density at radius 3 is 2.89 bits per heavy atom. The molecule has 1 unspecified atom stereocenters. The molecule has 2 aliphatic rings. The second kappa shape index (κ2) is 5.22. The Labute approximate surface area is 108 Å². The van der Waals surface area contributed by atoms with E-state index in [1.54, 1.807) is 0 Å². The van der Waals surface area contributed by atoms with E-state index in [1.165, 1.54) is 25.7 Å². The zero-order valence-electron chi connectivity index (χ0n) is 10.8. The van der Waals surface area contributed by atoms with Gasteiger partial charge in [0.25, 0.3) is 0 Å². The molecule has 1 aliphatic heterocycles. The minimum absolute atomic E-state index is 0.0710. The minimum atomic E-state index is 0.0710. The second-order valence-electron chi connectivity index (χ2n) is 5.52. The molecular formula is C14H21N3O. The number of rotatable bonds is 4. The van der Waals surface area contributed by atoms with Crippen molar-refractivity contribution in [1.82, 2.24) is 15.1 Å². The molecule has 0 bridgehead atoms. The van der Waals surface area contributed by atoms with Gasteiger partial charge in [0, 0.05) is 6.20 Å². The Morgan fingerprint density at radius 1 is 1.33 bits per heavy atom. The van der Waals surface area contributed by atoms with Crippen molar-refractivity contribution >= 4 is 5.78 Å². The number of ketones is 1. The molecular weight excluding hydrogens is 226 g/mol. The average molecular weight is 247 g/mol. The SMILES string of the molecule is O=C(Cc1ccn(C2CCCC2)n1)C1CCCN1. The smallest absolute Gasteiger partial charge is 0.155 e. The van der Waals surface area contributed by atoms with Gasteiger partial charge in [0.15, 0.2) is 5.78 Å². The first kappa shape index (κ1) is 11.9. The fraction of sp³-hybridized carbons (Fsp3) is 0.714. The van der Waals surface area contributed by atoms with Gasteiger partial charge >= 0.3 is 0 Å². The zero-order chi connectivity index (χ0) is 12.4. The third-order valence-electron chi connectivity index (χ3n) is 4.17. The van der Waals surface area contributed by atoms with Crippen LogP contribution in [-0.2, 0) is 11.2 Å². The van der Waals surface area contributed by atoms with Gasteiger partial charge in [0.2, 0.25) is 0 Å². The number of carbonyl (C=O) groups is 1. The summed E-state index contributed by atoms with van der Waals surface area (Å²) in [5.74, 6) is 0.296. The lowest BCUT2D eigenvalue weighted by molar-refractivity contribution is -0.120. The summed E-state index contributed by atoms with van der Waals surface area (Å²) in [5, 5.41) is 7.83. The van der Waals surface area contributed by atoms with Crippen LogP contribution in [0.25, 0.3) is 0 Å². The maximum absolute atomic E-state index is 12.0. The predicted molar refractivity (Wildman–Crippen MR) is 69.5 cm³/mol. The Bertz CT molecular complexity index is 414. The molecule has 2 heterocycles. The van der Waals surface area contributed by atoms with E-state index in [1.807, 2.05) is 12.3 Å². The van der Waals surface area contributed by atoms with Gasteiger partial charge in [-0.15, -0.1) is 0 Å². The zero-order valence-corrected chi connectivity index (χ0v) is 10.8. The van der Waals surface area contributed by atoms with Crippen molar-refractivity contribution in [3.8, 4) is 0 Å². The first-order valence-corrected chi connectivity index (χ1v) is 7.13. The fourth-order valence-electron chi connectivity index (χ4n) is 3.10. The van der Waals surface area contributed by atoms with Crippen LogP contribution in [0, 0.1) is 0 Å². The molecule has 1 aromatic rings. The number of aromatic nitrogens is 2. The molecule has 2 fully saturated rings. The van der Waals surface area contributed by atoms with Gasteiger partial charge in [0.05, 0.1) is 24.2 Å². The largest absolute Gasteiger partial charge is 0.307 e. The van der Waals surface area contributed by atoms with Crippen LogP contribution in [0.2, 0.25) is 0 Å². The average Bonchev–Trinajstić information content (AvgIpc) is 3.12. The molecule has 1 N–H and O–H groups in total. The molecule has 0 radical (unpaired) electrons. The lowest BCUT2D eigenvalue weighted by Gasteiger charge is -2.09. The van der Waals surface area contributed by atoms with Crippen molar-refractivity contribution in [1.29, 1.82) is 0 Å². The summed E-state index contributed by atoms with van der Waals surface area (Å²) in [4.78, 5) is 12.0. The third-order valence-corrected chi connectivity index (χ3v) is 4.17. The molecule has 1 aliphatic carbocycles. The molecule has 4 nitrogen and oxygen atoms in total. The normalized spacial score (nSPS) is 24.8. The van der Waals surface area contributed by atoms with Crippen molar-refractivity contribution in [3.05, 3.63) is 18.0 Å². The lowest BCUT2D eigenvalue weighted by atomic mass is 10.1. The van der Waals surface area contributed by atoms with Crippen LogP contribution in [0.1, 0.15) is 50.3 Å². The Hall–Kier alpha value is -1.16. The Balaban J connectivity index is 1.60. The predicted octanol–water partition coefficient (Wildman–Crippen LogP) is 1.86. The van der Waals surface area contributed by atoms with Gasteiger partial charge in [0.1, 0.15) is 0 Å². The maximum Gasteiger partial charge on any atom is 0.155 e. The van der Waals surface area contributed by atoms with Crippen LogP contribution in [0.5, 0.6) is 0 Å². The summed E-state index contributed by atoms with van der Waals surface area (Å²) in [6, 6.07) is 2.64. The molecule has 4 heteroatoms. The van der Waals surface area contributed by atoms with Crippen LogP contribution in [-0.4, -0.2) is 28.2 Å². The van der Waals surface area contributed by atoms with Gasteiger partial charge in [-0.1, -0.05) is 12.8 Å².